The molecule has 0 aromatic carbocycles. The van der Waals surface area contributed by atoms with Gasteiger partial charge in [0.15, 0.2) is 0 Å². The lowest BCUT2D eigenvalue weighted by molar-refractivity contribution is 0.231. The molecule has 0 spiro atoms. The first kappa shape index (κ1) is 14.0. The molecule has 0 radical (unpaired) electrons. The highest BCUT2D eigenvalue weighted by molar-refractivity contribution is 4.78. The number of hydrogen-bond donors (Lipinski definition) is 1. The molecule has 1 fully saturated rings. The monoisotopic (exact) mass is 226 g/mol. The summed E-state index contributed by atoms with van der Waals surface area (Å²) in [6, 6.07) is 0.738. The average Bonchev–Trinajstić information content (AvgIpc) is 2.94. The predicted octanol–water partition coefficient (Wildman–Crippen LogP) is 2.89. The third kappa shape index (κ3) is 6.49. The zero-order valence-corrected chi connectivity index (χ0v) is 11.8. The highest BCUT2D eigenvalue weighted by atomic mass is 15.1. The molecule has 0 aromatic rings. The molecule has 1 aliphatic carbocycles. The Kier molecular flexibility index (Phi) is 5.26. The van der Waals surface area contributed by atoms with Gasteiger partial charge in [-0.3, -0.25) is 0 Å². The Balaban J connectivity index is 2.02. The molecule has 0 bridgehead atoms. The summed E-state index contributed by atoms with van der Waals surface area (Å²) in [5.74, 6) is 1.01. The Labute approximate surface area is 102 Å². The van der Waals surface area contributed by atoms with E-state index in [-0.39, 0.29) is 5.54 Å². The molecular formula is C14H30N2. The lowest BCUT2D eigenvalue weighted by Gasteiger charge is -2.26. The summed E-state index contributed by atoms with van der Waals surface area (Å²) in [5.41, 5.74) is 0.267. The van der Waals surface area contributed by atoms with Crippen molar-refractivity contribution in [3.63, 3.8) is 0 Å². The molecule has 96 valence electrons. The van der Waals surface area contributed by atoms with Crippen LogP contribution in [-0.2, 0) is 0 Å². The summed E-state index contributed by atoms with van der Waals surface area (Å²) in [5, 5.41) is 3.55. The Hall–Kier alpha value is -0.0800. The van der Waals surface area contributed by atoms with Crippen LogP contribution in [0.4, 0.5) is 0 Å². The molecule has 1 rings (SSSR count). The van der Waals surface area contributed by atoms with Gasteiger partial charge in [-0.15, -0.1) is 0 Å². The summed E-state index contributed by atoms with van der Waals surface area (Å²) in [7, 11) is 2.28. The van der Waals surface area contributed by atoms with Crippen molar-refractivity contribution in [2.75, 3.05) is 20.1 Å². The van der Waals surface area contributed by atoms with Crippen molar-refractivity contribution in [2.45, 2.75) is 65.0 Å². The van der Waals surface area contributed by atoms with Gasteiger partial charge in [0, 0.05) is 18.1 Å². The molecule has 1 N–H and O–H groups in total. The van der Waals surface area contributed by atoms with Crippen LogP contribution in [0.1, 0.15) is 53.4 Å². The quantitative estimate of drug-likeness (QED) is 0.672. The van der Waals surface area contributed by atoms with Crippen LogP contribution in [0.25, 0.3) is 0 Å². The number of rotatable bonds is 7. The Morgan fingerprint density at radius 2 is 1.94 bits per heavy atom. The standard InChI is InChI=1S/C14H30N2/c1-12(16(5)11-13-8-9-13)7-6-10-15-14(2,3)4/h12-13,15H,6-11H2,1-5H3. The number of nitrogens with one attached hydrogen (secondary N) is 1. The van der Waals surface area contributed by atoms with Gasteiger partial charge in [0.2, 0.25) is 0 Å². The molecule has 0 amide bonds. The van der Waals surface area contributed by atoms with E-state index in [1.165, 1.54) is 32.2 Å². The molecule has 2 heteroatoms. The van der Waals surface area contributed by atoms with E-state index in [0.717, 1.165) is 18.5 Å². The van der Waals surface area contributed by atoms with E-state index in [2.05, 4.69) is 45.0 Å². The smallest absolute Gasteiger partial charge is 0.00965 e. The Morgan fingerprint density at radius 1 is 1.31 bits per heavy atom. The molecule has 0 saturated heterocycles. The molecule has 1 atom stereocenters. The van der Waals surface area contributed by atoms with Gasteiger partial charge in [-0.05, 0) is 72.9 Å². The molecule has 0 heterocycles. The molecule has 0 aromatic heterocycles. The van der Waals surface area contributed by atoms with Gasteiger partial charge in [0.05, 0.1) is 0 Å². The second-order valence-electron chi connectivity index (χ2n) is 6.55. The van der Waals surface area contributed by atoms with Gasteiger partial charge in [-0.2, -0.15) is 0 Å². The first-order chi connectivity index (χ1) is 7.38. The zero-order valence-electron chi connectivity index (χ0n) is 11.8. The van der Waals surface area contributed by atoms with Crippen LogP contribution >= 0.6 is 0 Å². The summed E-state index contributed by atoms with van der Waals surface area (Å²) in [6.07, 6.45) is 5.52. The topological polar surface area (TPSA) is 15.3 Å². The van der Waals surface area contributed by atoms with Crippen LogP contribution < -0.4 is 5.32 Å². The van der Waals surface area contributed by atoms with Crippen molar-refractivity contribution in [3.05, 3.63) is 0 Å². The van der Waals surface area contributed by atoms with Crippen molar-refractivity contribution in [1.82, 2.24) is 10.2 Å². The van der Waals surface area contributed by atoms with E-state index in [1.807, 2.05) is 0 Å². The second kappa shape index (κ2) is 6.02. The van der Waals surface area contributed by atoms with E-state index >= 15 is 0 Å². The third-order valence-electron chi connectivity index (χ3n) is 3.45. The Morgan fingerprint density at radius 3 is 2.44 bits per heavy atom. The van der Waals surface area contributed by atoms with E-state index in [1.54, 1.807) is 0 Å². The molecule has 1 aliphatic rings. The van der Waals surface area contributed by atoms with Gasteiger partial charge >= 0.3 is 0 Å². The fourth-order valence-electron chi connectivity index (χ4n) is 1.97. The number of nitrogens with zero attached hydrogens (tertiary/aromatic N) is 1. The van der Waals surface area contributed by atoms with Crippen LogP contribution in [0.2, 0.25) is 0 Å². The zero-order chi connectivity index (χ0) is 12.2. The van der Waals surface area contributed by atoms with Crippen LogP contribution in [-0.4, -0.2) is 36.6 Å². The minimum Gasteiger partial charge on any atom is -0.312 e. The van der Waals surface area contributed by atoms with E-state index in [9.17, 15) is 0 Å². The van der Waals surface area contributed by atoms with Gasteiger partial charge in [0.25, 0.3) is 0 Å². The van der Waals surface area contributed by atoms with Crippen molar-refractivity contribution in [2.24, 2.45) is 5.92 Å². The summed E-state index contributed by atoms with van der Waals surface area (Å²) in [6.45, 7) is 11.5. The molecular weight excluding hydrogens is 196 g/mol. The highest BCUT2D eigenvalue weighted by Gasteiger charge is 2.24. The molecule has 16 heavy (non-hydrogen) atoms. The van der Waals surface area contributed by atoms with E-state index < -0.39 is 0 Å². The van der Waals surface area contributed by atoms with Crippen molar-refractivity contribution >= 4 is 0 Å². The summed E-state index contributed by atoms with van der Waals surface area (Å²) in [4.78, 5) is 2.54. The van der Waals surface area contributed by atoms with Crippen LogP contribution in [0.15, 0.2) is 0 Å². The van der Waals surface area contributed by atoms with Gasteiger partial charge in [-0.1, -0.05) is 0 Å². The fourth-order valence-corrected chi connectivity index (χ4v) is 1.97. The van der Waals surface area contributed by atoms with Gasteiger partial charge in [0.1, 0.15) is 0 Å². The normalized spacial score (nSPS) is 19.1. The molecule has 1 saturated carbocycles. The maximum absolute atomic E-state index is 3.55. The third-order valence-corrected chi connectivity index (χ3v) is 3.45. The van der Waals surface area contributed by atoms with E-state index in [0.29, 0.717) is 0 Å². The Bertz CT molecular complexity index is 191. The second-order valence-corrected chi connectivity index (χ2v) is 6.55. The summed E-state index contributed by atoms with van der Waals surface area (Å²) >= 11 is 0. The minimum absolute atomic E-state index is 0.267. The average molecular weight is 226 g/mol. The number of hydrogen-bond acceptors (Lipinski definition) is 2. The lowest BCUT2D eigenvalue weighted by atomic mass is 10.1. The minimum atomic E-state index is 0.267. The SMILES string of the molecule is CC(CCCNC(C)(C)C)N(C)CC1CC1. The van der Waals surface area contributed by atoms with Crippen molar-refractivity contribution in [3.8, 4) is 0 Å². The largest absolute Gasteiger partial charge is 0.312 e. The molecule has 1 unspecified atom stereocenters. The first-order valence-corrected chi connectivity index (χ1v) is 6.84. The molecule has 2 nitrogen and oxygen atoms in total. The highest BCUT2D eigenvalue weighted by Crippen LogP contribution is 2.30. The van der Waals surface area contributed by atoms with Crippen molar-refractivity contribution < 1.29 is 0 Å². The maximum atomic E-state index is 3.55. The predicted molar refractivity (Wildman–Crippen MR) is 71.8 cm³/mol. The van der Waals surface area contributed by atoms with Crippen LogP contribution in [0.3, 0.4) is 0 Å². The van der Waals surface area contributed by atoms with Crippen LogP contribution in [0.5, 0.6) is 0 Å². The van der Waals surface area contributed by atoms with Gasteiger partial charge < -0.3 is 10.2 Å². The lowest BCUT2D eigenvalue weighted by Crippen LogP contribution is -2.37. The van der Waals surface area contributed by atoms with E-state index in [4.69, 9.17) is 0 Å². The summed E-state index contributed by atoms with van der Waals surface area (Å²) < 4.78 is 0. The van der Waals surface area contributed by atoms with Crippen LogP contribution in [0, 0.1) is 5.92 Å². The first-order valence-electron chi connectivity index (χ1n) is 6.84. The van der Waals surface area contributed by atoms with Crippen molar-refractivity contribution in [1.29, 1.82) is 0 Å². The van der Waals surface area contributed by atoms with Gasteiger partial charge in [-0.25, -0.2) is 0 Å². The molecule has 0 aliphatic heterocycles. The fraction of sp³-hybridized carbons (Fsp3) is 1.00. The maximum Gasteiger partial charge on any atom is 0.00965 e.